The monoisotopic (exact) mass is 758 g/mol. The Kier molecular flexibility index (Phi) is 10.4. The Bertz CT molecular complexity index is 1950. The number of thiazole rings is 1. The van der Waals surface area contributed by atoms with Crippen LogP contribution in [-0.2, 0) is 16.1 Å². The van der Waals surface area contributed by atoms with Crippen molar-refractivity contribution in [3.63, 3.8) is 0 Å². The van der Waals surface area contributed by atoms with Crippen LogP contribution in [0.4, 0.5) is 0 Å². The van der Waals surface area contributed by atoms with Crippen LogP contribution in [-0.4, -0.2) is 30.4 Å². The number of benzene rings is 3. The SMILES string of the molecule is CCOC(=O)C1=C(C)N=c2s/c(=C\c3cc(I)cc(OC)c3OCc3ccc(Cl)cc3)c(=O)n2[C@H]1c1ccccc1OC(C)C. The van der Waals surface area contributed by atoms with E-state index in [9.17, 15) is 9.59 Å². The van der Waals surface area contributed by atoms with E-state index in [1.165, 1.54) is 11.3 Å². The van der Waals surface area contributed by atoms with Gasteiger partial charge in [-0.15, -0.1) is 0 Å². The number of methoxy groups -OCH3 is 1. The standard InChI is InChI=1S/C34H32ClIN2O6S/c1-6-42-33(40)29-20(4)37-34-38(30(29)25-9-7-8-10-26(25)44-19(2)3)32(39)28(45-34)16-22-15-24(36)17-27(41-5)31(22)43-18-21-11-13-23(35)14-12-21/h7-17,19,30H,6,18H2,1-5H3/b28-16-/t30-/m0/s1. The first kappa shape index (κ1) is 32.8. The lowest BCUT2D eigenvalue weighted by Crippen LogP contribution is -2.40. The van der Waals surface area contributed by atoms with Crippen molar-refractivity contribution in [3.8, 4) is 17.2 Å². The van der Waals surface area contributed by atoms with Gasteiger partial charge in [0.1, 0.15) is 18.4 Å². The molecule has 0 fully saturated rings. The summed E-state index contributed by atoms with van der Waals surface area (Å²) in [7, 11) is 1.58. The number of esters is 1. The largest absolute Gasteiger partial charge is 0.493 e. The highest BCUT2D eigenvalue weighted by Crippen LogP contribution is 2.37. The van der Waals surface area contributed by atoms with Gasteiger partial charge >= 0.3 is 5.97 Å². The van der Waals surface area contributed by atoms with E-state index in [4.69, 9.17) is 35.5 Å². The summed E-state index contributed by atoms with van der Waals surface area (Å²) >= 11 is 9.50. The molecule has 1 aromatic heterocycles. The zero-order chi connectivity index (χ0) is 32.2. The van der Waals surface area contributed by atoms with Crippen molar-refractivity contribution in [1.29, 1.82) is 0 Å². The van der Waals surface area contributed by atoms with Crippen LogP contribution in [0.2, 0.25) is 5.02 Å². The maximum absolute atomic E-state index is 14.3. The van der Waals surface area contributed by atoms with Crippen LogP contribution in [0.25, 0.3) is 6.08 Å². The molecule has 8 nitrogen and oxygen atoms in total. The predicted molar refractivity (Wildman–Crippen MR) is 184 cm³/mol. The summed E-state index contributed by atoms with van der Waals surface area (Å²) in [6, 6.07) is 17.8. The molecule has 45 heavy (non-hydrogen) atoms. The number of carbonyl (C=O) groups excluding carboxylic acids is 1. The summed E-state index contributed by atoms with van der Waals surface area (Å²) in [5.74, 6) is 1.07. The molecule has 0 amide bonds. The lowest BCUT2D eigenvalue weighted by atomic mass is 9.95. The minimum atomic E-state index is -0.802. The molecular formula is C34H32ClIN2O6S. The second-order valence-corrected chi connectivity index (χ2v) is 13.1. The lowest BCUT2D eigenvalue weighted by molar-refractivity contribution is -0.139. The van der Waals surface area contributed by atoms with Crippen LogP contribution in [0.15, 0.2) is 81.7 Å². The van der Waals surface area contributed by atoms with E-state index in [1.807, 2.05) is 62.4 Å². The summed E-state index contributed by atoms with van der Waals surface area (Å²) in [6.07, 6.45) is 1.66. The number of allylic oxidation sites excluding steroid dienone is 1. The highest BCUT2D eigenvalue weighted by molar-refractivity contribution is 14.1. The fourth-order valence-corrected chi connectivity index (χ4v) is 6.81. The molecule has 3 aromatic carbocycles. The Morgan fingerprint density at radius 3 is 2.56 bits per heavy atom. The normalized spacial score (nSPS) is 14.7. The van der Waals surface area contributed by atoms with Crippen molar-refractivity contribution in [1.82, 2.24) is 4.57 Å². The van der Waals surface area contributed by atoms with Crippen molar-refractivity contribution in [2.24, 2.45) is 4.99 Å². The van der Waals surface area contributed by atoms with Gasteiger partial charge in [0.2, 0.25) is 0 Å². The molecule has 0 bridgehead atoms. The van der Waals surface area contributed by atoms with Gasteiger partial charge in [0, 0.05) is 19.7 Å². The topological polar surface area (TPSA) is 88.4 Å². The Morgan fingerprint density at radius 1 is 1.13 bits per heavy atom. The fraction of sp³-hybridized carbons (Fsp3) is 0.265. The Morgan fingerprint density at radius 2 is 1.87 bits per heavy atom. The van der Waals surface area contributed by atoms with Crippen LogP contribution in [0, 0.1) is 3.57 Å². The Balaban J connectivity index is 1.69. The molecule has 1 atom stereocenters. The maximum Gasteiger partial charge on any atom is 0.338 e. The summed E-state index contributed by atoms with van der Waals surface area (Å²) in [5, 5.41) is 0.639. The van der Waals surface area contributed by atoms with Gasteiger partial charge in [-0.3, -0.25) is 9.36 Å². The van der Waals surface area contributed by atoms with Crippen molar-refractivity contribution >= 4 is 57.6 Å². The molecular weight excluding hydrogens is 727 g/mol. The summed E-state index contributed by atoms with van der Waals surface area (Å²) in [4.78, 5) is 32.8. The van der Waals surface area contributed by atoms with Gasteiger partial charge in [-0.05, 0) is 92.3 Å². The predicted octanol–water partition coefficient (Wildman–Crippen LogP) is 6.43. The molecule has 2 heterocycles. The first-order valence-corrected chi connectivity index (χ1v) is 16.6. The van der Waals surface area contributed by atoms with Gasteiger partial charge in [-0.1, -0.05) is 53.3 Å². The maximum atomic E-state index is 14.3. The second kappa shape index (κ2) is 14.2. The minimum Gasteiger partial charge on any atom is -0.493 e. The molecule has 4 aromatic rings. The molecule has 5 rings (SSSR count). The molecule has 0 spiro atoms. The van der Waals surface area contributed by atoms with Gasteiger partial charge in [0.15, 0.2) is 16.3 Å². The van der Waals surface area contributed by atoms with Crippen LogP contribution >= 0.6 is 45.5 Å². The van der Waals surface area contributed by atoms with Crippen molar-refractivity contribution in [3.05, 3.63) is 117 Å². The Labute approximate surface area is 283 Å². The number of para-hydroxylation sites is 1. The van der Waals surface area contributed by atoms with Crippen molar-refractivity contribution < 1.29 is 23.7 Å². The summed E-state index contributed by atoms with van der Waals surface area (Å²) in [5.41, 5.74) is 2.72. The van der Waals surface area contributed by atoms with Crippen LogP contribution in [0.1, 0.15) is 50.4 Å². The molecule has 0 aliphatic carbocycles. The van der Waals surface area contributed by atoms with E-state index in [2.05, 4.69) is 22.6 Å². The van der Waals surface area contributed by atoms with E-state index in [1.54, 1.807) is 43.7 Å². The zero-order valence-electron chi connectivity index (χ0n) is 25.4. The number of fused-ring (bicyclic) bond motifs is 1. The van der Waals surface area contributed by atoms with Crippen LogP contribution in [0.5, 0.6) is 17.2 Å². The van der Waals surface area contributed by atoms with Gasteiger partial charge in [0.05, 0.1) is 35.6 Å². The smallest absolute Gasteiger partial charge is 0.338 e. The number of halogens is 2. The molecule has 0 N–H and O–H groups in total. The highest BCUT2D eigenvalue weighted by atomic mass is 127. The molecule has 11 heteroatoms. The number of rotatable bonds is 10. The number of aromatic nitrogens is 1. The number of ether oxygens (including phenoxy) is 4. The number of carbonyl (C=O) groups is 1. The first-order chi connectivity index (χ1) is 21.6. The molecule has 234 valence electrons. The van der Waals surface area contributed by atoms with Crippen LogP contribution < -0.4 is 29.1 Å². The van der Waals surface area contributed by atoms with Gasteiger partial charge < -0.3 is 18.9 Å². The summed E-state index contributed by atoms with van der Waals surface area (Å²) < 4.78 is 26.4. The molecule has 0 saturated carbocycles. The van der Waals surface area contributed by atoms with Gasteiger partial charge in [-0.2, -0.15) is 0 Å². The number of nitrogens with zero attached hydrogens (tertiary/aromatic N) is 2. The molecule has 0 saturated heterocycles. The van der Waals surface area contributed by atoms with E-state index in [-0.39, 0.29) is 24.9 Å². The van der Waals surface area contributed by atoms with E-state index < -0.39 is 12.0 Å². The Hall–Kier alpha value is -3.61. The molecule has 1 aliphatic heterocycles. The van der Waals surface area contributed by atoms with Crippen molar-refractivity contribution in [2.45, 2.75) is 46.4 Å². The first-order valence-electron chi connectivity index (χ1n) is 14.3. The van der Waals surface area contributed by atoms with Gasteiger partial charge in [0.25, 0.3) is 5.56 Å². The van der Waals surface area contributed by atoms with E-state index in [0.717, 1.165) is 9.13 Å². The fourth-order valence-electron chi connectivity index (χ4n) is 5.03. The van der Waals surface area contributed by atoms with E-state index >= 15 is 0 Å². The molecule has 0 unspecified atom stereocenters. The quantitative estimate of drug-likeness (QED) is 0.137. The third-order valence-corrected chi connectivity index (χ3v) is 8.80. The van der Waals surface area contributed by atoms with Crippen molar-refractivity contribution in [2.75, 3.05) is 13.7 Å². The highest BCUT2D eigenvalue weighted by Gasteiger charge is 2.35. The van der Waals surface area contributed by atoms with Crippen LogP contribution in [0.3, 0.4) is 0 Å². The minimum absolute atomic E-state index is 0.125. The number of hydrogen-bond donors (Lipinski definition) is 0. The lowest BCUT2D eigenvalue weighted by Gasteiger charge is -2.26. The van der Waals surface area contributed by atoms with Gasteiger partial charge in [-0.25, -0.2) is 9.79 Å². The number of hydrogen-bond acceptors (Lipinski definition) is 8. The molecule has 1 aliphatic rings. The third kappa shape index (κ3) is 7.13. The average molecular weight is 759 g/mol. The third-order valence-electron chi connectivity index (χ3n) is 6.94. The second-order valence-electron chi connectivity index (χ2n) is 10.4. The zero-order valence-corrected chi connectivity index (χ0v) is 29.2. The summed E-state index contributed by atoms with van der Waals surface area (Å²) in [6.45, 7) is 7.82. The average Bonchev–Trinajstić information content (AvgIpc) is 3.30. The van der Waals surface area contributed by atoms with E-state index in [0.29, 0.717) is 54.0 Å². The molecule has 0 radical (unpaired) electrons.